The Bertz CT molecular complexity index is 728. The molecule has 1 N–H and O–H groups in total. The highest BCUT2D eigenvalue weighted by molar-refractivity contribution is 6.06. The Hall–Kier alpha value is -2.36. The molecule has 1 aromatic carbocycles. The molecule has 0 saturated carbocycles. The minimum Gasteiger partial charge on any atom is -0.455 e. The average molecular weight is 283 g/mol. The number of anilines is 1. The topological polar surface area (TPSA) is 59.3 Å². The fraction of sp³-hybridized carbons (Fsp3) is 0.294. The number of ketones is 1. The molecule has 0 radical (unpaired) electrons. The van der Waals surface area contributed by atoms with Crippen LogP contribution in [0.5, 0.6) is 0 Å². The number of carbonyl (C=O) groups is 2. The zero-order chi connectivity index (χ0) is 15.0. The van der Waals surface area contributed by atoms with E-state index >= 15 is 0 Å². The second-order valence-corrected chi connectivity index (χ2v) is 5.50. The Labute approximate surface area is 123 Å². The molecule has 0 atom stereocenters. The van der Waals surface area contributed by atoms with Crippen LogP contribution in [-0.2, 0) is 6.42 Å². The van der Waals surface area contributed by atoms with Crippen molar-refractivity contribution >= 4 is 17.4 Å². The first-order valence-electron chi connectivity index (χ1n) is 7.09. The van der Waals surface area contributed by atoms with Crippen molar-refractivity contribution in [3.63, 3.8) is 0 Å². The number of aryl methyl sites for hydroxylation is 3. The SMILES string of the molecule is Cc1ccc(C)c(NC(=O)c2cc3c(o2)CCCC3=O)c1. The van der Waals surface area contributed by atoms with Crippen LogP contribution in [0.15, 0.2) is 28.7 Å². The molecule has 2 aromatic rings. The summed E-state index contributed by atoms with van der Waals surface area (Å²) in [7, 11) is 0. The number of fused-ring (bicyclic) bond motifs is 1. The number of hydrogen-bond donors (Lipinski definition) is 1. The molecular formula is C17H17NO3. The number of furan rings is 1. The first-order chi connectivity index (χ1) is 10.0. The molecule has 0 saturated heterocycles. The fourth-order valence-electron chi connectivity index (χ4n) is 2.56. The van der Waals surface area contributed by atoms with Crippen LogP contribution in [0.1, 0.15) is 50.6 Å². The van der Waals surface area contributed by atoms with Crippen molar-refractivity contribution in [3.05, 3.63) is 52.5 Å². The molecule has 0 bridgehead atoms. The molecule has 0 spiro atoms. The third-order valence-corrected chi connectivity index (χ3v) is 3.78. The smallest absolute Gasteiger partial charge is 0.291 e. The van der Waals surface area contributed by atoms with E-state index in [2.05, 4.69) is 5.32 Å². The number of hydrogen-bond acceptors (Lipinski definition) is 3. The van der Waals surface area contributed by atoms with Gasteiger partial charge in [-0.2, -0.15) is 0 Å². The Morgan fingerprint density at radius 3 is 2.76 bits per heavy atom. The van der Waals surface area contributed by atoms with Gasteiger partial charge in [-0.05, 0) is 37.5 Å². The summed E-state index contributed by atoms with van der Waals surface area (Å²) in [5.74, 6) is 0.588. The van der Waals surface area contributed by atoms with E-state index < -0.39 is 0 Å². The van der Waals surface area contributed by atoms with Crippen molar-refractivity contribution in [2.45, 2.75) is 33.1 Å². The summed E-state index contributed by atoms with van der Waals surface area (Å²) in [5.41, 5.74) is 3.39. The summed E-state index contributed by atoms with van der Waals surface area (Å²) in [5, 5.41) is 2.85. The highest BCUT2D eigenvalue weighted by Gasteiger charge is 2.24. The van der Waals surface area contributed by atoms with E-state index in [0.29, 0.717) is 17.7 Å². The van der Waals surface area contributed by atoms with E-state index in [1.165, 1.54) is 0 Å². The van der Waals surface area contributed by atoms with Gasteiger partial charge in [-0.15, -0.1) is 0 Å². The summed E-state index contributed by atoms with van der Waals surface area (Å²) in [6.45, 7) is 3.91. The molecule has 1 aliphatic carbocycles. The molecular weight excluding hydrogens is 266 g/mol. The number of carbonyl (C=O) groups excluding carboxylic acids is 2. The molecule has 21 heavy (non-hydrogen) atoms. The molecule has 0 fully saturated rings. The normalized spacial score (nSPS) is 13.9. The van der Waals surface area contributed by atoms with Crippen molar-refractivity contribution in [1.82, 2.24) is 0 Å². The number of rotatable bonds is 2. The maximum Gasteiger partial charge on any atom is 0.291 e. The lowest BCUT2D eigenvalue weighted by atomic mass is 9.97. The van der Waals surface area contributed by atoms with Gasteiger partial charge in [0.1, 0.15) is 5.76 Å². The summed E-state index contributed by atoms with van der Waals surface area (Å²) in [6.07, 6.45) is 2.04. The predicted octanol–water partition coefficient (Wildman–Crippen LogP) is 3.67. The highest BCUT2D eigenvalue weighted by atomic mass is 16.4. The second-order valence-electron chi connectivity index (χ2n) is 5.50. The van der Waals surface area contributed by atoms with E-state index in [-0.39, 0.29) is 17.5 Å². The summed E-state index contributed by atoms with van der Waals surface area (Å²) in [4.78, 5) is 24.1. The molecule has 1 aliphatic rings. The number of benzene rings is 1. The highest BCUT2D eigenvalue weighted by Crippen LogP contribution is 2.25. The van der Waals surface area contributed by atoms with E-state index in [1.807, 2.05) is 32.0 Å². The largest absolute Gasteiger partial charge is 0.455 e. The number of Topliss-reactive ketones (excluding diaryl/α,β-unsaturated/α-hetero) is 1. The van der Waals surface area contributed by atoms with Crippen LogP contribution < -0.4 is 5.32 Å². The minimum absolute atomic E-state index is 0.0609. The molecule has 1 amide bonds. The monoisotopic (exact) mass is 283 g/mol. The van der Waals surface area contributed by atoms with Crippen LogP contribution in [0, 0.1) is 13.8 Å². The Morgan fingerprint density at radius 2 is 2.00 bits per heavy atom. The molecule has 3 rings (SSSR count). The Morgan fingerprint density at radius 1 is 1.19 bits per heavy atom. The maximum atomic E-state index is 12.3. The quantitative estimate of drug-likeness (QED) is 0.914. The lowest BCUT2D eigenvalue weighted by molar-refractivity contribution is 0.0963. The lowest BCUT2D eigenvalue weighted by Crippen LogP contribution is -2.12. The van der Waals surface area contributed by atoms with Crippen LogP contribution >= 0.6 is 0 Å². The van der Waals surface area contributed by atoms with Gasteiger partial charge in [0.15, 0.2) is 11.5 Å². The fourth-order valence-corrected chi connectivity index (χ4v) is 2.56. The van der Waals surface area contributed by atoms with E-state index in [4.69, 9.17) is 4.42 Å². The van der Waals surface area contributed by atoms with Gasteiger partial charge in [-0.1, -0.05) is 12.1 Å². The first kappa shape index (κ1) is 13.6. The van der Waals surface area contributed by atoms with E-state index in [9.17, 15) is 9.59 Å². The van der Waals surface area contributed by atoms with Gasteiger partial charge in [0.05, 0.1) is 5.56 Å². The predicted molar refractivity (Wildman–Crippen MR) is 79.8 cm³/mol. The van der Waals surface area contributed by atoms with E-state index in [0.717, 1.165) is 29.7 Å². The Kier molecular flexibility index (Phi) is 3.37. The van der Waals surface area contributed by atoms with Gasteiger partial charge in [0.2, 0.25) is 0 Å². The van der Waals surface area contributed by atoms with Crippen molar-refractivity contribution < 1.29 is 14.0 Å². The molecule has 1 aromatic heterocycles. The van der Waals surface area contributed by atoms with Crippen LogP contribution in [-0.4, -0.2) is 11.7 Å². The van der Waals surface area contributed by atoms with Crippen LogP contribution in [0.2, 0.25) is 0 Å². The maximum absolute atomic E-state index is 12.3. The molecule has 0 aliphatic heterocycles. The summed E-state index contributed by atoms with van der Waals surface area (Å²) >= 11 is 0. The van der Waals surface area contributed by atoms with Gasteiger partial charge in [-0.25, -0.2) is 0 Å². The zero-order valence-electron chi connectivity index (χ0n) is 12.2. The number of nitrogens with one attached hydrogen (secondary N) is 1. The van der Waals surface area contributed by atoms with Gasteiger partial charge in [0.25, 0.3) is 5.91 Å². The minimum atomic E-state index is -0.314. The van der Waals surface area contributed by atoms with Crippen molar-refractivity contribution in [2.24, 2.45) is 0 Å². The van der Waals surface area contributed by atoms with E-state index in [1.54, 1.807) is 6.07 Å². The Balaban J connectivity index is 1.86. The van der Waals surface area contributed by atoms with Gasteiger partial charge in [-0.3, -0.25) is 9.59 Å². The van der Waals surface area contributed by atoms with Crippen LogP contribution in [0.3, 0.4) is 0 Å². The third-order valence-electron chi connectivity index (χ3n) is 3.78. The van der Waals surface area contributed by atoms with Crippen LogP contribution in [0.25, 0.3) is 0 Å². The molecule has 1 heterocycles. The standard InChI is InChI=1S/C17H17NO3/c1-10-6-7-11(2)13(8-10)18-17(20)16-9-12-14(19)4-3-5-15(12)21-16/h6-9H,3-5H2,1-2H3,(H,18,20). The van der Waals surface area contributed by atoms with Gasteiger partial charge >= 0.3 is 0 Å². The van der Waals surface area contributed by atoms with Crippen molar-refractivity contribution in [3.8, 4) is 0 Å². The zero-order valence-corrected chi connectivity index (χ0v) is 12.2. The lowest BCUT2D eigenvalue weighted by Gasteiger charge is -2.08. The molecule has 4 heteroatoms. The summed E-state index contributed by atoms with van der Waals surface area (Å²) in [6, 6.07) is 7.44. The molecule has 108 valence electrons. The van der Waals surface area contributed by atoms with Gasteiger partial charge in [0, 0.05) is 24.6 Å². The third kappa shape index (κ3) is 2.61. The first-order valence-corrected chi connectivity index (χ1v) is 7.09. The molecule has 4 nitrogen and oxygen atoms in total. The van der Waals surface area contributed by atoms with Crippen molar-refractivity contribution in [2.75, 3.05) is 5.32 Å². The number of amides is 1. The van der Waals surface area contributed by atoms with Crippen LogP contribution in [0.4, 0.5) is 5.69 Å². The van der Waals surface area contributed by atoms with Gasteiger partial charge < -0.3 is 9.73 Å². The van der Waals surface area contributed by atoms with Crippen molar-refractivity contribution in [1.29, 1.82) is 0 Å². The average Bonchev–Trinajstić information content (AvgIpc) is 2.88. The molecule has 0 unspecified atom stereocenters. The second kappa shape index (κ2) is 5.20. The summed E-state index contributed by atoms with van der Waals surface area (Å²) < 4.78 is 5.55.